The minimum Gasteiger partial charge on any atom is -0.354 e. The van der Waals surface area contributed by atoms with Crippen molar-refractivity contribution in [3.63, 3.8) is 0 Å². The first-order valence-corrected chi connectivity index (χ1v) is 10.1. The second kappa shape index (κ2) is 9.73. The first-order valence-electron chi connectivity index (χ1n) is 9.50. The number of pyridine rings is 1. The van der Waals surface area contributed by atoms with Gasteiger partial charge in [-0.2, -0.15) is 12.6 Å². The summed E-state index contributed by atoms with van der Waals surface area (Å²) >= 11 is 4.21. The van der Waals surface area contributed by atoms with E-state index in [4.69, 9.17) is 0 Å². The largest absolute Gasteiger partial charge is 0.354 e. The summed E-state index contributed by atoms with van der Waals surface area (Å²) < 4.78 is 0. The van der Waals surface area contributed by atoms with Gasteiger partial charge < -0.3 is 5.32 Å². The Labute approximate surface area is 173 Å². The van der Waals surface area contributed by atoms with Gasteiger partial charge in [-0.1, -0.05) is 39.0 Å². The highest BCUT2D eigenvalue weighted by molar-refractivity contribution is 7.80. The van der Waals surface area contributed by atoms with Crippen LogP contribution in [0.15, 0.2) is 48.8 Å². The van der Waals surface area contributed by atoms with Crippen LogP contribution in [-0.2, 0) is 15.0 Å². The zero-order valence-corrected chi connectivity index (χ0v) is 17.9. The Bertz CT molecular complexity index is 786. The smallest absolute Gasteiger partial charge is 0.247 e. The van der Waals surface area contributed by atoms with Crippen LogP contribution < -0.4 is 10.2 Å². The second-order valence-electron chi connectivity index (χ2n) is 7.62. The number of anilines is 1. The molecule has 1 aromatic carbocycles. The summed E-state index contributed by atoms with van der Waals surface area (Å²) in [6, 6.07) is 10.6. The third kappa shape index (κ3) is 5.35. The molecular formula is C22H29N3O2S. The van der Waals surface area contributed by atoms with Gasteiger partial charge in [0.25, 0.3) is 0 Å². The summed E-state index contributed by atoms with van der Waals surface area (Å²) in [7, 11) is 0. The number of amides is 2. The molecule has 6 heteroatoms. The predicted molar refractivity (Wildman–Crippen MR) is 117 cm³/mol. The molecule has 0 bridgehead atoms. The van der Waals surface area contributed by atoms with Crippen molar-refractivity contribution in [1.29, 1.82) is 0 Å². The molecule has 0 saturated heterocycles. The number of nitrogens with zero attached hydrogens (tertiary/aromatic N) is 2. The van der Waals surface area contributed by atoms with E-state index < -0.39 is 6.04 Å². The average molecular weight is 400 g/mol. The van der Waals surface area contributed by atoms with E-state index >= 15 is 0 Å². The summed E-state index contributed by atoms with van der Waals surface area (Å²) in [4.78, 5) is 31.7. The number of rotatable bonds is 7. The fraction of sp³-hybridized carbons (Fsp3) is 0.409. The molecule has 0 aliphatic heterocycles. The third-order valence-corrected chi connectivity index (χ3v) is 4.69. The van der Waals surface area contributed by atoms with Crippen LogP contribution in [0.2, 0.25) is 0 Å². The number of hydrogen-bond acceptors (Lipinski definition) is 4. The molecule has 5 nitrogen and oxygen atoms in total. The maximum atomic E-state index is 13.0. The van der Waals surface area contributed by atoms with Crippen LogP contribution in [0.1, 0.15) is 51.3 Å². The van der Waals surface area contributed by atoms with Gasteiger partial charge in [0.05, 0.1) is 0 Å². The van der Waals surface area contributed by atoms with Crippen LogP contribution in [0.25, 0.3) is 0 Å². The molecule has 1 atom stereocenters. The number of benzene rings is 1. The van der Waals surface area contributed by atoms with Gasteiger partial charge in [0.1, 0.15) is 6.04 Å². The van der Waals surface area contributed by atoms with Gasteiger partial charge >= 0.3 is 0 Å². The van der Waals surface area contributed by atoms with E-state index in [1.165, 1.54) is 0 Å². The molecule has 1 heterocycles. The molecule has 0 aliphatic rings. The molecule has 0 fully saturated rings. The Kier molecular flexibility index (Phi) is 7.63. The SMILES string of the molecule is CCNC(=O)[C@@H](c1cccnc1)N(C(=O)CCS)c1ccc(C(C)(C)C)cc1. The summed E-state index contributed by atoms with van der Waals surface area (Å²) in [5, 5.41) is 2.85. The Morgan fingerprint density at radius 1 is 1.18 bits per heavy atom. The number of aromatic nitrogens is 1. The quantitative estimate of drug-likeness (QED) is 0.694. The van der Waals surface area contributed by atoms with Crippen molar-refractivity contribution in [3.8, 4) is 0 Å². The molecule has 28 heavy (non-hydrogen) atoms. The number of nitrogens with one attached hydrogen (secondary N) is 1. The molecule has 0 saturated carbocycles. The Morgan fingerprint density at radius 2 is 1.86 bits per heavy atom. The fourth-order valence-electron chi connectivity index (χ4n) is 3.00. The Hall–Kier alpha value is -2.34. The van der Waals surface area contributed by atoms with Crippen molar-refractivity contribution in [2.75, 3.05) is 17.2 Å². The lowest BCUT2D eigenvalue weighted by molar-refractivity contribution is -0.126. The van der Waals surface area contributed by atoms with E-state index in [9.17, 15) is 9.59 Å². The maximum absolute atomic E-state index is 13.0. The van der Waals surface area contributed by atoms with Gasteiger partial charge in [-0.05, 0) is 41.9 Å². The topological polar surface area (TPSA) is 62.3 Å². The van der Waals surface area contributed by atoms with E-state index in [0.717, 1.165) is 5.56 Å². The van der Waals surface area contributed by atoms with Crippen molar-refractivity contribution in [3.05, 3.63) is 59.9 Å². The lowest BCUT2D eigenvalue weighted by Gasteiger charge is -2.32. The van der Waals surface area contributed by atoms with E-state index in [1.807, 2.05) is 37.3 Å². The minimum atomic E-state index is -0.790. The lowest BCUT2D eigenvalue weighted by Crippen LogP contribution is -2.44. The van der Waals surface area contributed by atoms with Crippen LogP contribution in [0.3, 0.4) is 0 Å². The molecule has 0 aliphatic carbocycles. The summed E-state index contributed by atoms with van der Waals surface area (Å²) in [5.41, 5.74) is 2.51. The van der Waals surface area contributed by atoms with Crippen LogP contribution >= 0.6 is 12.6 Å². The Balaban J connectivity index is 2.55. The molecule has 0 unspecified atom stereocenters. The molecule has 0 radical (unpaired) electrons. The molecule has 1 aromatic heterocycles. The van der Waals surface area contributed by atoms with E-state index in [1.54, 1.807) is 23.4 Å². The molecule has 150 valence electrons. The first-order chi connectivity index (χ1) is 13.3. The number of carbonyl (C=O) groups excluding carboxylic acids is 2. The monoisotopic (exact) mass is 399 g/mol. The number of likely N-dealkylation sites (N-methyl/N-ethyl adjacent to an activating group) is 1. The molecule has 2 rings (SSSR count). The van der Waals surface area contributed by atoms with E-state index in [0.29, 0.717) is 23.5 Å². The van der Waals surface area contributed by atoms with Crippen LogP contribution in [0.5, 0.6) is 0 Å². The van der Waals surface area contributed by atoms with Crippen molar-refractivity contribution in [2.45, 2.75) is 45.6 Å². The standard InChI is InChI=1S/C22H29N3O2S/c1-5-24-21(27)20(16-7-6-13-23-15-16)25(19(26)12-14-28)18-10-8-17(9-11-18)22(2,3)4/h6-11,13,15,20,28H,5,12,14H2,1-4H3,(H,24,27)/t20-/m1/s1. The third-order valence-electron chi connectivity index (χ3n) is 4.46. The van der Waals surface area contributed by atoms with Crippen molar-refractivity contribution in [1.82, 2.24) is 10.3 Å². The van der Waals surface area contributed by atoms with Gasteiger partial charge in [-0.25, -0.2) is 0 Å². The number of hydrogen-bond donors (Lipinski definition) is 2. The minimum absolute atomic E-state index is 0.000798. The molecule has 1 N–H and O–H groups in total. The van der Waals surface area contributed by atoms with Crippen LogP contribution in [0.4, 0.5) is 5.69 Å². The zero-order chi connectivity index (χ0) is 20.7. The zero-order valence-electron chi connectivity index (χ0n) is 17.0. The molecule has 2 amide bonds. The van der Waals surface area contributed by atoms with Gasteiger partial charge in [-0.3, -0.25) is 19.5 Å². The summed E-state index contributed by atoms with van der Waals surface area (Å²) in [5.74, 6) is 0.0198. The highest BCUT2D eigenvalue weighted by Gasteiger charge is 2.32. The lowest BCUT2D eigenvalue weighted by atomic mass is 9.87. The average Bonchev–Trinajstić information content (AvgIpc) is 2.66. The number of thiol groups is 1. The van der Waals surface area contributed by atoms with Crippen molar-refractivity contribution in [2.24, 2.45) is 0 Å². The highest BCUT2D eigenvalue weighted by Crippen LogP contribution is 2.31. The van der Waals surface area contributed by atoms with E-state index in [-0.39, 0.29) is 23.7 Å². The second-order valence-corrected chi connectivity index (χ2v) is 8.06. The predicted octanol–water partition coefficient (Wildman–Crippen LogP) is 3.91. The maximum Gasteiger partial charge on any atom is 0.247 e. The van der Waals surface area contributed by atoms with E-state index in [2.05, 4.69) is 43.7 Å². The fourth-order valence-corrected chi connectivity index (χ4v) is 3.19. The van der Waals surface area contributed by atoms with Gasteiger partial charge in [0.2, 0.25) is 11.8 Å². The summed E-state index contributed by atoms with van der Waals surface area (Å²) in [6.45, 7) is 8.75. The normalized spacial score (nSPS) is 12.3. The molecular weight excluding hydrogens is 370 g/mol. The first kappa shape index (κ1) is 22.0. The van der Waals surface area contributed by atoms with Crippen molar-refractivity contribution < 1.29 is 9.59 Å². The van der Waals surface area contributed by atoms with Gasteiger partial charge in [0.15, 0.2) is 0 Å². The molecule has 0 spiro atoms. The van der Waals surface area contributed by atoms with Gasteiger partial charge in [0, 0.05) is 36.6 Å². The van der Waals surface area contributed by atoms with Crippen molar-refractivity contribution >= 4 is 30.1 Å². The molecule has 2 aromatic rings. The van der Waals surface area contributed by atoms with Crippen LogP contribution in [0, 0.1) is 0 Å². The highest BCUT2D eigenvalue weighted by atomic mass is 32.1. The van der Waals surface area contributed by atoms with Crippen LogP contribution in [-0.4, -0.2) is 29.1 Å². The summed E-state index contributed by atoms with van der Waals surface area (Å²) in [6.07, 6.45) is 3.51. The van der Waals surface area contributed by atoms with Gasteiger partial charge in [-0.15, -0.1) is 0 Å². The number of carbonyl (C=O) groups is 2. The Morgan fingerprint density at radius 3 is 2.36 bits per heavy atom.